The molecule has 0 saturated heterocycles. The first kappa shape index (κ1) is 15.0. The summed E-state index contributed by atoms with van der Waals surface area (Å²) in [5.74, 6) is 0.327. The summed E-state index contributed by atoms with van der Waals surface area (Å²) in [6.07, 6.45) is 0.324. The van der Waals surface area contributed by atoms with Crippen molar-refractivity contribution in [1.82, 2.24) is 0 Å². The Morgan fingerprint density at radius 1 is 1.20 bits per heavy atom. The summed E-state index contributed by atoms with van der Waals surface area (Å²) in [5, 5.41) is 10.6. The Labute approximate surface area is 126 Å². The third kappa shape index (κ3) is 3.19. The van der Waals surface area contributed by atoms with Crippen LogP contribution in [0.25, 0.3) is 0 Å². The van der Waals surface area contributed by atoms with Crippen LogP contribution < -0.4 is 4.74 Å². The molecule has 0 saturated carbocycles. The average Bonchev–Trinajstić information content (AvgIpc) is 2.42. The number of hydrogen-bond acceptors (Lipinski definition) is 2. The van der Waals surface area contributed by atoms with Crippen molar-refractivity contribution >= 4 is 15.9 Å². The molecule has 0 aliphatic carbocycles. The zero-order valence-corrected chi connectivity index (χ0v) is 12.9. The third-order valence-electron chi connectivity index (χ3n) is 3.24. The fourth-order valence-corrected chi connectivity index (χ4v) is 2.52. The van der Waals surface area contributed by atoms with E-state index in [-0.39, 0.29) is 5.56 Å². The highest BCUT2D eigenvalue weighted by molar-refractivity contribution is 9.10. The van der Waals surface area contributed by atoms with Crippen molar-refractivity contribution in [2.24, 2.45) is 0 Å². The van der Waals surface area contributed by atoms with E-state index in [1.54, 1.807) is 32.2 Å². The topological polar surface area (TPSA) is 29.5 Å². The van der Waals surface area contributed by atoms with E-state index in [2.05, 4.69) is 15.9 Å². The maximum atomic E-state index is 14.1. The van der Waals surface area contributed by atoms with E-state index < -0.39 is 11.4 Å². The molecule has 0 radical (unpaired) electrons. The van der Waals surface area contributed by atoms with Crippen LogP contribution in [0.4, 0.5) is 4.39 Å². The Balaban J connectivity index is 2.27. The van der Waals surface area contributed by atoms with Crippen molar-refractivity contribution in [1.29, 1.82) is 0 Å². The second-order valence-electron chi connectivity index (χ2n) is 4.90. The summed E-state index contributed by atoms with van der Waals surface area (Å²) in [6, 6.07) is 12.3. The Kier molecular flexibility index (Phi) is 4.45. The van der Waals surface area contributed by atoms with E-state index in [1.165, 1.54) is 0 Å². The van der Waals surface area contributed by atoms with E-state index in [1.807, 2.05) is 24.3 Å². The lowest BCUT2D eigenvalue weighted by molar-refractivity contribution is 0.0536. The van der Waals surface area contributed by atoms with E-state index in [0.29, 0.717) is 10.9 Å². The molecule has 0 bridgehead atoms. The van der Waals surface area contributed by atoms with Crippen molar-refractivity contribution in [2.75, 3.05) is 7.11 Å². The van der Waals surface area contributed by atoms with Crippen molar-refractivity contribution < 1.29 is 14.2 Å². The molecule has 1 atom stereocenters. The molecule has 2 aromatic carbocycles. The molecule has 0 aromatic heterocycles. The van der Waals surface area contributed by atoms with Gasteiger partial charge in [0.05, 0.1) is 17.2 Å². The standard InChI is InChI=1S/C16H16BrFO2/c1-16(19,13-4-3-5-14(17)15(13)18)10-11-6-8-12(20-2)9-7-11/h3-9,19H,10H2,1-2H3. The molecular formula is C16H16BrFO2. The lowest BCUT2D eigenvalue weighted by atomic mass is 9.89. The maximum Gasteiger partial charge on any atom is 0.143 e. The number of ether oxygens (including phenoxy) is 1. The quantitative estimate of drug-likeness (QED) is 0.911. The van der Waals surface area contributed by atoms with Gasteiger partial charge in [0.1, 0.15) is 11.6 Å². The van der Waals surface area contributed by atoms with Crippen LogP contribution in [-0.4, -0.2) is 12.2 Å². The van der Waals surface area contributed by atoms with Gasteiger partial charge in [-0.15, -0.1) is 0 Å². The first-order valence-electron chi connectivity index (χ1n) is 6.24. The lowest BCUT2D eigenvalue weighted by Crippen LogP contribution is -2.25. The van der Waals surface area contributed by atoms with Gasteiger partial charge >= 0.3 is 0 Å². The van der Waals surface area contributed by atoms with Gasteiger partial charge in [0.15, 0.2) is 0 Å². The van der Waals surface area contributed by atoms with Gasteiger partial charge in [-0.1, -0.05) is 24.3 Å². The molecular weight excluding hydrogens is 323 g/mol. The first-order chi connectivity index (χ1) is 9.44. The molecule has 20 heavy (non-hydrogen) atoms. The molecule has 2 rings (SSSR count). The van der Waals surface area contributed by atoms with Crippen molar-refractivity contribution in [3.63, 3.8) is 0 Å². The van der Waals surface area contributed by atoms with Crippen molar-refractivity contribution in [3.05, 3.63) is 63.9 Å². The van der Waals surface area contributed by atoms with E-state index >= 15 is 0 Å². The average molecular weight is 339 g/mol. The van der Waals surface area contributed by atoms with Gasteiger partial charge in [0.2, 0.25) is 0 Å². The third-order valence-corrected chi connectivity index (χ3v) is 3.85. The van der Waals surface area contributed by atoms with Crippen LogP contribution >= 0.6 is 15.9 Å². The predicted octanol–water partition coefficient (Wildman–Crippen LogP) is 4.05. The van der Waals surface area contributed by atoms with Gasteiger partial charge < -0.3 is 9.84 Å². The minimum Gasteiger partial charge on any atom is -0.497 e. The number of methoxy groups -OCH3 is 1. The molecule has 106 valence electrons. The number of halogens is 2. The summed E-state index contributed by atoms with van der Waals surface area (Å²) in [7, 11) is 1.60. The highest BCUT2D eigenvalue weighted by Gasteiger charge is 2.27. The van der Waals surface area contributed by atoms with Crippen molar-refractivity contribution in [2.45, 2.75) is 18.9 Å². The second-order valence-corrected chi connectivity index (χ2v) is 5.75. The Hall–Kier alpha value is -1.39. The number of aliphatic hydroxyl groups is 1. The summed E-state index contributed by atoms with van der Waals surface area (Å²) in [4.78, 5) is 0. The lowest BCUT2D eigenvalue weighted by Gasteiger charge is -2.25. The molecule has 0 heterocycles. The predicted molar refractivity (Wildman–Crippen MR) is 80.4 cm³/mol. The summed E-state index contributed by atoms with van der Waals surface area (Å²) < 4.78 is 19.5. The fraction of sp³-hybridized carbons (Fsp3) is 0.250. The van der Waals surface area contributed by atoms with E-state index in [9.17, 15) is 9.50 Å². The number of rotatable bonds is 4. The van der Waals surface area contributed by atoms with Crippen LogP contribution in [-0.2, 0) is 12.0 Å². The van der Waals surface area contributed by atoms with Crippen LogP contribution in [0.2, 0.25) is 0 Å². The van der Waals surface area contributed by atoms with E-state index in [0.717, 1.165) is 11.3 Å². The molecule has 2 nitrogen and oxygen atoms in total. The molecule has 1 unspecified atom stereocenters. The number of benzene rings is 2. The zero-order chi connectivity index (χ0) is 14.8. The summed E-state index contributed by atoms with van der Waals surface area (Å²) >= 11 is 3.14. The van der Waals surface area contributed by atoms with Crippen LogP contribution in [0, 0.1) is 5.82 Å². The van der Waals surface area contributed by atoms with Gasteiger partial charge in [0.25, 0.3) is 0 Å². The molecule has 4 heteroatoms. The smallest absolute Gasteiger partial charge is 0.143 e. The highest BCUT2D eigenvalue weighted by Crippen LogP contribution is 2.31. The SMILES string of the molecule is COc1ccc(CC(C)(O)c2cccc(Br)c2F)cc1. The van der Waals surface area contributed by atoms with Crippen molar-refractivity contribution in [3.8, 4) is 5.75 Å². The molecule has 0 amide bonds. The van der Waals surface area contributed by atoms with Crippen LogP contribution in [0.3, 0.4) is 0 Å². The zero-order valence-electron chi connectivity index (χ0n) is 11.4. The molecule has 0 fully saturated rings. The fourth-order valence-electron chi connectivity index (χ4n) is 2.16. The van der Waals surface area contributed by atoms with Gasteiger partial charge in [0, 0.05) is 12.0 Å². The van der Waals surface area contributed by atoms with Crippen LogP contribution in [0.1, 0.15) is 18.1 Å². The molecule has 1 N–H and O–H groups in total. The minimum absolute atomic E-state index is 0.280. The monoisotopic (exact) mass is 338 g/mol. The maximum absolute atomic E-state index is 14.1. The Bertz CT molecular complexity index is 594. The van der Waals surface area contributed by atoms with Gasteiger partial charge in [-0.25, -0.2) is 4.39 Å². The first-order valence-corrected chi connectivity index (χ1v) is 7.03. The largest absolute Gasteiger partial charge is 0.497 e. The second kappa shape index (κ2) is 5.94. The minimum atomic E-state index is -1.28. The normalized spacial score (nSPS) is 13.8. The Morgan fingerprint density at radius 3 is 2.45 bits per heavy atom. The molecule has 0 aliphatic heterocycles. The highest BCUT2D eigenvalue weighted by atomic mass is 79.9. The molecule has 2 aromatic rings. The van der Waals surface area contributed by atoms with Gasteiger partial charge in [-0.05, 0) is 46.6 Å². The van der Waals surface area contributed by atoms with Crippen LogP contribution in [0.5, 0.6) is 5.75 Å². The Morgan fingerprint density at radius 2 is 1.85 bits per heavy atom. The van der Waals surface area contributed by atoms with Gasteiger partial charge in [-0.2, -0.15) is 0 Å². The van der Waals surface area contributed by atoms with Crippen LogP contribution in [0.15, 0.2) is 46.9 Å². The number of hydrogen-bond donors (Lipinski definition) is 1. The summed E-state index contributed by atoms with van der Waals surface area (Å²) in [5.41, 5.74) is -0.0829. The molecule has 0 spiro atoms. The van der Waals surface area contributed by atoms with Gasteiger partial charge in [-0.3, -0.25) is 0 Å². The van der Waals surface area contributed by atoms with E-state index in [4.69, 9.17) is 4.74 Å². The molecule has 0 aliphatic rings. The summed E-state index contributed by atoms with van der Waals surface area (Å²) in [6.45, 7) is 1.61.